The fraction of sp³-hybridized carbons (Fsp3) is 0.120. The second-order valence-electron chi connectivity index (χ2n) is 6.94. The Morgan fingerprint density at radius 2 is 1.12 bits per heavy atom. The Labute approximate surface area is 155 Å². The van der Waals surface area contributed by atoms with E-state index in [0.717, 1.165) is 0 Å². The van der Waals surface area contributed by atoms with Crippen LogP contribution in [0, 0.1) is 0 Å². The highest BCUT2D eigenvalue weighted by molar-refractivity contribution is 5.83. The van der Waals surface area contributed by atoms with Gasteiger partial charge in [-0.1, -0.05) is 84.9 Å². The molecule has 0 amide bonds. The van der Waals surface area contributed by atoms with Gasteiger partial charge >= 0.3 is 0 Å². The summed E-state index contributed by atoms with van der Waals surface area (Å²) < 4.78 is 0. The molecule has 0 saturated carbocycles. The Morgan fingerprint density at radius 1 is 0.538 bits per heavy atom. The normalized spacial score (nSPS) is 12.1. The lowest BCUT2D eigenvalue weighted by Gasteiger charge is -2.21. The molecule has 4 aromatic carbocycles. The third-order valence-corrected chi connectivity index (χ3v) is 4.98. The summed E-state index contributed by atoms with van der Waals surface area (Å²) in [5.41, 5.74) is 5.18. The topological polar surface area (TPSA) is 3.24 Å². The summed E-state index contributed by atoms with van der Waals surface area (Å²) in [7, 11) is 4.15. The lowest BCUT2D eigenvalue weighted by atomic mass is 9.84. The van der Waals surface area contributed by atoms with Gasteiger partial charge in [0.2, 0.25) is 0 Å². The van der Waals surface area contributed by atoms with Crippen LogP contribution in [-0.2, 0) is 0 Å². The van der Waals surface area contributed by atoms with Gasteiger partial charge in [-0.25, -0.2) is 0 Å². The average molecular weight is 337 g/mol. The largest absolute Gasteiger partial charge is 0.378 e. The maximum absolute atomic E-state index is 2.33. The molecule has 0 aliphatic heterocycles. The van der Waals surface area contributed by atoms with Gasteiger partial charge in [0.25, 0.3) is 0 Å². The number of anilines is 1. The zero-order chi connectivity index (χ0) is 17.9. The first-order valence-electron chi connectivity index (χ1n) is 9.03. The van der Waals surface area contributed by atoms with Gasteiger partial charge in [-0.2, -0.15) is 0 Å². The van der Waals surface area contributed by atoms with E-state index >= 15 is 0 Å². The van der Waals surface area contributed by atoms with Crippen molar-refractivity contribution in [3.63, 3.8) is 0 Å². The molecule has 0 aliphatic rings. The second kappa shape index (κ2) is 7.05. The molecule has 0 aromatic heterocycles. The summed E-state index contributed by atoms with van der Waals surface area (Å²) in [6.45, 7) is 0. The molecule has 0 N–H and O–H groups in total. The standard InChI is InChI=1S/C25H23N/c1-26(2)24-16-14-21(15-17-24)25(20-9-4-3-5-10-20)23-13-12-19-8-6-7-11-22(19)18-23/h3-18,25H,1-2H3/t25-/m0/s1. The van der Waals surface area contributed by atoms with Crippen molar-refractivity contribution in [2.24, 2.45) is 0 Å². The van der Waals surface area contributed by atoms with Crippen LogP contribution < -0.4 is 4.90 Å². The summed E-state index contributed by atoms with van der Waals surface area (Å²) in [5, 5.41) is 2.57. The minimum absolute atomic E-state index is 0.233. The Hall–Kier alpha value is -3.06. The third kappa shape index (κ3) is 3.21. The number of benzene rings is 4. The fourth-order valence-electron chi connectivity index (χ4n) is 3.58. The van der Waals surface area contributed by atoms with Crippen LogP contribution in [0.15, 0.2) is 97.1 Å². The van der Waals surface area contributed by atoms with Crippen molar-refractivity contribution in [3.8, 4) is 0 Å². The van der Waals surface area contributed by atoms with E-state index < -0.39 is 0 Å². The molecule has 0 fully saturated rings. The van der Waals surface area contributed by atoms with Gasteiger partial charge in [0, 0.05) is 25.7 Å². The van der Waals surface area contributed by atoms with Crippen molar-refractivity contribution in [3.05, 3.63) is 114 Å². The predicted molar refractivity (Wildman–Crippen MR) is 112 cm³/mol. The zero-order valence-corrected chi connectivity index (χ0v) is 15.3. The van der Waals surface area contributed by atoms with Crippen molar-refractivity contribution in [1.29, 1.82) is 0 Å². The highest BCUT2D eigenvalue weighted by Crippen LogP contribution is 2.34. The minimum atomic E-state index is 0.233. The molecule has 26 heavy (non-hydrogen) atoms. The Kier molecular flexibility index (Phi) is 4.45. The van der Waals surface area contributed by atoms with Crippen LogP contribution >= 0.6 is 0 Å². The second-order valence-corrected chi connectivity index (χ2v) is 6.94. The molecule has 0 bridgehead atoms. The molecule has 0 spiro atoms. The van der Waals surface area contributed by atoms with Crippen LogP contribution in [0.25, 0.3) is 10.8 Å². The maximum Gasteiger partial charge on any atom is 0.0361 e. The van der Waals surface area contributed by atoms with Crippen LogP contribution in [0.5, 0.6) is 0 Å². The van der Waals surface area contributed by atoms with E-state index in [9.17, 15) is 0 Å². The number of hydrogen-bond donors (Lipinski definition) is 0. The van der Waals surface area contributed by atoms with Crippen LogP contribution in [0.1, 0.15) is 22.6 Å². The Bertz CT molecular complexity index is 1000. The molecule has 0 aliphatic carbocycles. The molecule has 0 heterocycles. The third-order valence-electron chi connectivity index (χ3n) is 4.98. The summed E-state index contributed by atoms with van der Waals surface area (Å²) in [6, 6.07) is 35.1. The van der Waals surface area contributed by atoms with Crippen molar-refractivity contribution in [2.75, 3.05) is 19.0 Å². The Morgan fingerprint density at radius 3 is 1.81 bits per heavy atom. The van der Waals surface area contributed by atoms with Crippen LogP contribution in [-0.4, -0.2) is 14.1 Å². The van der Waals surface area contributed by atoms with Gasteiger partial charge < -0.3 is 4.90 Å². The number of rotatable bonds is 4. The monoisotopic (exact) mass is 337 g/mol. The number of fused-ring (bicyclic) bond motifs is 1. The smallest absolute Gasteiger partial charge is 0.0361 e. The van der Waals surface area contributed by atoms with Gasteiger partial charge in [-0.05, 0) is 39.6 Å². The molecule has 4 rings (SSSR count). The number of nitrogens with zero attached hydrogens (tertiary/aromatic N) is 1. The van der Waals surface area contributed by atoms with Gasteiger partial charge in [-0.15, -0.1) is 0 Å². The van der Waals surface area contributed by atoms with Crippen molar-refractivity contribution in [1.82, 2.24) is 0 Å². The summed E-state index contributed by atoms with van der Waals surface area (Å²) >= 11 is 0. The summed E-state index contributed by atoms with van der Waals surface area (Å²) in [4.78, 5) is 2.14. The molecule has 1 nitrogen and oxygen atoms in total. The van der Waals surface area contributed by atoms with E-state index in [1.54, 1.807) is 0 Å². The van der Waals surface area contributed by atoms with Crippen LogP contribution in [0.2, 0.25) is 0 Å². The van der Waals surface area contributed by atoms with Gasteiger partial charge in [0.05, 0.1) is 0 Å². The van der Waals surface area contributed by atoms with Crippen molar-refractivity contribution < 1.29 is 0 Å². The molecule has 128 valence electrons. The average Bonchev–Trinajstić information content (AvgIpc) is 2.69. The summed E-state index contributed by atoms with van der Waals surface area (Å²) in [6.07, 6.45) is 0. The van der Waals surface area contributed by atoms with Crippen molar-refractivity contribution in [2.45, 2.75) is 5.92 Å². The molecule has 1 heteroatoms. The summed E-state index contributed by atoms with van der Waals surface area (Å²) in [5.74, 6) is 0.233. The van der Waals surface area contributed by atoms with E-state index in [1.807, 2.05) is 0 Å². The van der Waals surface area contributed by atoms with Gasteiger partial charge in [0.15, 0.2) is 0 Å². The van der Waals surface area contributed by atoms with E-state index in [1.165, 1.54) is 33.2 Å². The first-order chi connectivity index (χ1) is 12.7. The molecule has 4 aromatic rings. The molecule has 0 radical (unpaired) electrons. The highest BCUT2D eigenvalue weighted by Gasteiger charge is 2.17. The lowest BCUT2D eigenvalue weighted by Crippen LogP contribution is -2.09. The van der Waals surface area contributed by atoms with E-state index in [4.69, 9.17) is 0 Å². The van der Waals surface area contributed by atoms with Crippen LogP contribution in [0.4, 0.5) is 5.69 Å². The predicted octanol–water partition coefficient (Wildman–Crippen LogP) is 6.09. The molecular weight excluding hydrogens is 314 g/mol. The molecular formula is C25H23N. The number of hydrogen-bond acceptors (Lipinski definition) is 1. The lowest BCUT2D eigenvalue weighted by molar-refractivity contribution is 0.978. The quantitative estimate of drug-likeness (QED) is 0.408. The maximum atomic E-state index is 2.33. The van der Waals surface area contributed by atoms with E-state index in [0.29, 0.717) is 0 Å². The molecule has 1 atom stereocenters. The first kappa shape index (κ1) is 16.4. The Balaban J connectivity index is 1.84. The first-order valence-corrected chi connectivity index (χ1v) is 9.03. The highest BCUT2D eigenvalue weighted by atomic mass is 15.1. The van der Waals surface area contributed by atoms with Gasteiger partial charge in [-0.3, -0.25) is 0 Å². The fourth-order valence-corrected chi connectivity index (χ4v) is 3.58. The minimum Gasteiger partial charge on any atom is -0.378 e. The zero-order valence-electron chi connectivity index (χ0n) is 15.3. The van der Waals surface area contributed by atoms with E-state index in [-0.39, 0.29) is 5.92 Å². The molecule has 0 unspecified atom stereocenters. The SMILES string of the molecule is CN(C)c1ccc([C@H](c2ccccc2)c2ccc3ccccc3c2)cc1. The van der Waals surface area contributed by atoms with Gasteiger partial charge in [0.1, 0.15) is 0 Å². The molecule has 0 saturated heterocycles. The van der Waals surface area contributed by atoms with Crippen molar-refractivity contribution >= 4 is 16.5 Å². The van der Waals surface area contributed by atoms with Crippen LogP contribution in [0.3, 0.4) is 0 Å². The van der Waals surface area contributed by atoms with E-state index in [2.05, 4.69) is 116 Å².